The van der Waals surface area contributed by atoms with Crippen molar-refractivity contribution in [1.82, 2.24) is 0 Å². The monoisotopic (exact) mass is 366 g/mol. The number of rotatable bonds is 5. The fourth-order valence-corrected chi connectivity index (χ4v) is 2.51. The summed E-state index contributed by atoms with van der Waals surface area (Å²) >= 11 is 0. The number of benzene rings is 2. The molecule has 0 bridgehead atoms. The van der Waals surface area contributed by atoms with E-state index in [1.54, 1.807) is 24.0 Å². The summed E-state index contributed by atoms with van der Waals surface area (Å²) in [7, 11) is 0. The molecule has 7 heteroatoms. The van der Waals surface area contributed by atoms with E-state index in [0.717, 1.165) is 5.56 Å². The number of nitrogens with two attached hydrogens (primary N) is 1. The molecule has 134 valence electrons. The standard InChI is InChI=1S/C18H19FN2O3.ClH/c1-12(9-20)18(22)21(15-5-3-14(19)4-6-15)10-13-2-7-16-17(8-13)24-11-23-16;/h2-8,12H,9-11,20H2,1H3;1H. The number of hydrogen-bond acceptors (Lipinski definition) is 4. The molecular weight excluding hydrogens is 347 g/mol. The van der Waals surface area contributed by atoms with Gasteiger partial charge in [0.25, 0.3) is 0 Å². The van der Waals surface area contributed by atoms with Crippen LogP contribution in [-0.4, -0.2) is 19.2 Å². The largest absolute Gasteiger partial charge is 0.454 e. The first-order chi connectivity index (χ1) is 11.6. The van der Waals surface area contributed by atoms with Crippen LogP contribution in [0, 0.1) is 11.7 Å². The van der Waals surface area contributed by atoms with E-state index in [1.165, 1.54) is 12.1 Å². The molecule has 1 aliphatic heterocycles. The van der Waals surface area contributed by atoms with Crippen molar-refractivity contribution in [3.05, 3.63) is 53.8 Å². The molecule has 0 spiro atoms. The molecule has 25 heavy (non-hydrogen) atoms. The van der Waals surface area contributed by atoms with Crippen molar-refractivity contribution < 1.29 is 18.7 Å². The SMILES string of the molecule is CC(CN)C(=O)N(Cc1ccc2c(c1)OCO2)c1ccc(F)cc1.Cl. The molecule has 2 aromatic rings. The molecule has 0 aliphatic carbocycles. The summed E-state index contributed by atoms with van der Waals surface area (Å²) in [4.78, 5) is 14.3. The molecule has 0 saturated heterocycles. The van der Waals surface area contributed by atoms with Crippen molar-refractivity contribution in [2.75, 3.05) is 18.2 Å². The zero-order valence-corrected chi connectivity index (χ0v) is 14.6. The Morgan fingerprint density at radius 1 is 1.20 bits per heavy atom. The summed E-state index contributed by atoms with van der Waals surface area (Å²) in [5.41, 5.74) is 7.15. The lowest BCUT2D eigenvalue weighted by Crippen LogP contribution is -2.37. The normalized spacial score (nSPS) is 13.1. The minimum atomic E-state index is -0.346. The van der Waals surface area contributed by atoms with Gasteiger partial charge in [0.1, 0.15) is 5.82 Å². The zero-order chi connectivity index (χ0) is 17.1. The first kappa shape index (κ1) is 19.0. The van der Waals surface area contributed by atoms with E-state index in [0.29, 0.717) is 23.7 Å². The van der Waals surface area contributed by atoms with Gasteiger partial charge in [-0.3, -0.25) is 4.79 Å². The van der Waals surface area contributed by atoms with Crippen LogP contribution in [0.15, 0.2) is 42.5 Å². The van der Waals surface area contributed by atoms with E-state index >= 15 is 0 Å². The first-order valence-electron chi connectivity index (χ1n) is 7.74. The fraction of sp³-hybridized carbons (Fsp3) is 0.278. The van der Waals surface area contributed by atoms with Crippen LogP contribution in [0.3, 0.4) is 0 Å². The molecule has 1 aliphatic rings. The Balaban J connectivity index is 0.00000225. The van der Waals surface area contributed by atoms with Gasteiger partial charge in [-0.15, -0.1) is 12.4 Å². The summed E-state index contributed by atoms with van der Waals surface area (Å²) in [6, 6.07) is 11.4. The maximum atomic E-state index is 13.2. The number of anilines is 1. The van der Waals surface area contributed by atoms with E-state index < -0.39 is 0 Å². The van der Waals surface area contributed by atoms with Gasteiger partial charge in [-0.05, 0) is 42.0 Å². The van der Waals surface area contributed by atoms with E-state index in [2.05, 4.69) is 0 Å². The molecule has 0 saturated carbocycles. The number of nitrogens with zero attached hydrogens (tertiary/aromatic N) is 1. The summed E-state index contributed by atoms with van der Waals surface area (Å²) in [6.45, 7) is 2.56. The molecule has 0 aromatic heterocycles. The van der Waals surface area contributed by atoms with Crippen molar-refractivity contribution in [2.45, 2.75) is 13.5 Å². The van der Waals surface area contributed by atoms with Crippen LogP contribution in [0.4, 0.5) is 10.1 Å². The highest BCUT2D eigenvalue weighted by molar-refractivity contribution is 5.94. The van der Waals surface area contributed by atoms with Gasteiger partial charge in [-0.25, -0.2) is 4.39 Å². The van der Waals surface area contributed by atoms with Gasteiger partial charge in [0.05, 0.1) is 6.54 Å². The highest BCUT2D eigenvalue weighted by Crippen LogP contribution is 2.33. The Bertz CT molecular complexity index is 740. The van der Waals surface area contributed by atoms with E-state index in [-0.39, 0.29) is 43.4 Å². The Kier molecular flexibility index (Phi) is 6.22. The van der Waals surface area contributed by atoms with Gasteiger partial charge in [0.2, 0.25) is 12.7 Å². The second-order valence-electron chi connectivity index (χ2n) is 5.73. The third-order valence-electron chi connectivity index (χ3n) is 3.96. The lowest BCUT2D eigenvalue weighted by molar-refractivity contribution is -0.121. The molecule has 0 fully saturated rings. The quantitative estimate of drug-likeness (QED) is 0.883. The number of ether oxygens (including phenoxy) is 2. The number of carbonyl (C=O) groups is 1. The fourth-order valence-electron chi connectivity index (χ4n) is 2.51. The number of carbonyl (C=O) groups excluding carboxylic acids is 1. The van der Waals surface area contributed by atoms with E-state index in [4.69, 9.17) is 15.2 Å². The Morgan fingerprint density at radius 3 is 2.56 bits per heavy atom. The van der Waals surface area contributed by atoms with Crippen LogP contribution >= 0.6 is 12.4 Å². The topological polar surface area (TPSA) is 64.8 Å². The van der Waals surface area contributed by atoms with Gasteiger partial charge in [-0.1, -0.05) is 13.0 Å². The average molecular weight is 367 g/mol. The molecule has 3 rings (SSSR count). The molecule has 2 N–H and O–H groups in total. The average Bonchev–Trinajstić information content (AvgIpc) is 3.07. The third kappa shape index (κ3) is 4.21. The Hall–Kier alpha value is -2.31. The highest BCUT2D eigenvalue weighted by atomic mass is 35.5. The summed E-state index contributed by atoms with van der Waals surface area (Å²) in [5.74, 6) is 0.562. The van der Waals surface area contributed by atoms with Gasteiger partial charge in [0.15, 0.2) is 11.5 Å². The van der Waals surface area contributed by atoms with E-state index in [1.807, 2.05) is 18.2 Å². The molecule has 2 aromatic carbocycles. The van der Waals surface area contributed by atoms with Gasteiger partial charge < -0.3 is 20.1 Å². The van der Waals surface area contributed by atoms with Crippen LogP contribution in [0.2, 0.25) is 0 Å². The van der Waals surface area contributed by atoms with Crippen LogP contribution in [0.25, 0.3) is 0 Å². The second-order valence-corrected chi connectivity index (χ2v) is 5.73. The molecule has 5 nitrogen and oxygen atoms in total. The second kappa shape index (κ2) is 8.18. The lowest BCUT2D eigenvalue weighted by Gasteiger charge is -2.26. The van der Waals surface area contributed by atoms with Crippen molar-refractivity contribution in [3.63, 3.8) is 0 Å². The molecule has 1 amide bonds. The predicted molar refractivity (Wildman–Crippen MR) is 95.6 cm³/mol. The van der Waals surface area contributed by atoms with Crippen LogP contribution in [0.5, 0.6) is 11.5 Å². The van der Waals surface area contributed by atoms with Crippen LogP contribution in [0.1, 0.15) is 12.5 Å². The number of hydrogen-bond donors (Lipinski definition) is 1. The minimum absolute atomic E-state index is 0. The highest BCUT2D eigenvalue weighted by Gasteiger charge is 2.22. The van der Waals surface area contributed by atoms with Crippen LogP contribution in [-0.2, 0) is 11.3 Å². The number of halogens is 2. The van der Waals surface area contributed by atoms with Crippen LogP contribution < -0.4 is 20.1 Å². The third-order valence-corrected chi connectivity index (χ3v) is 3.96. The summed E-state index contributed by atoms with van der Waals surface area (Å²) in [6.07, 6.45) is 0. The smallest absolute Gasteiger partial charge is 0.231 e. The zero-order valence-electron chi connectivity index (χ0n) is 13.8. The predicted octanol–water partition coefficient (Wildman–Crippen LogP) is 3.10. The van der Waals surface area contributed by atoms with Crippen molar-refractivity contribution in [1.29, 1.82) is 0 Å². The molecule has 1 heterocycles. The molecule has 1 unspecified atom stereocenters. The lowest BCUT2D eigenvalue weighted by atomic mass is 10.1. The van der Waals surface area contributed by atoms with Crippen molar-refractivity contribution >= 4 is 24.0 Å². The Labute approximate surface area is 151 Å². The summed E-state index contributed by atoms with van der Waals surface area (Å²) in [5, 5.41) is 0. The number of amides is 1. The molecular formula is C18H20ClFN2O3. The van der Waals surface area contributed by atoms with Gasteiger partial charge in [0, 0.05) is 18.2 Å². The molecule has 1 atom stereocenters. The molecule has 0 radical (unpaired) electrons. The summed E-state index contributed by atoms with van der Waals surface area (Å²) < 4.78 is 23.9. The maximum absolute atomic E-state index is 13.2. The minimum Gasteiger partial charge on any atom is -0.454 e. The van der Waals surface area contributed by atoms with Crippen molar-refractivity contribution in [2.24, 2.45) is 11.7 Å². The number of fused-ring (bicyclic) bond motifs is 1. The van der Waals surface area contributed by atoms with E-state index in [9.17, 15) is 9.18 Å². The Morgan fingerprint density at radius 2 is 1.88 bits per heavy atom. The van der Waals surface area contributed by atoms with Crippen molar-refractivity contribution in [3.8, 4) is 11.5 Å². The maximum Gasteiger partial charge on any atom is 0.231 e. The first-order valence-corrected chi connectivity index (χ1v) is 7.74. The van der Waals surface area contributed by atoms with Gasteiger partial charge in [-0.2, -0.15) is 0 Å². The van der Waals surface area contributed by atoms with Gasteiger partial charge >= 0.3 is 0 Å².